The van der Waals surface area contributed by atoms with Crippen molar-refractivity contribution in [2.45, 2.75) is 65.1 Å². The molecule has 1 saturated heterocycles. The number of nitrogens with one attached hydrogen (secondary N) is 1. The minimum absolute atomic E-state index is 0.491. The molecule has 0 bridgehead atoms. The lowest BCUT2D eigenvalue weighted by Gasteiger charge is -2.27. The number of hydrogen-bond donors (Lipinski definition) is 1. The molecule has 19 heavy (non-hydrogen) atoms. The Balaban J connectivity index is 2.00. The summed E-state index contributed by atoms with van der Waals surface area (Å²) in [6.07, 6.45) is 9.07. The molecule has 1 aromatic rings. The van der Waals surface area contributed by atoms with Crippen molar-refractivity contribution in [3.05, 3.63) is 18.0 Å². The van der Waals surface area contributed by atoms with Crippen LogP contribution in [0.4, 0.5) is 5.95 Å². The van der Waals surface area contributed by atoms with Crippen molar-refractivity contribution in [1.82, 2.24) is 15.3 Å². The van der Waals surface area contributed by atoms with Gasteiger partial charge in [-0.2, -0.15) is 0 Å². The molecule has 2 heterocycles. The molecule has 0 aliphatic carbocycles. The van der Waals surface area contributed by atoms with E-state index in [2.05, 4.69) is 41.0 Å². The molecule has 0 spiro atoms. The van der Waals surface area contributed by atoms with Crippen molar-refractivity contribution in [3.8, 4) is 0 Å². The first-order chi connectivity index (χ1) is 9.16. The molecule has 1 aliphatic rings. The van der Waals surface area contributed by atoms with E-state index in [0.717, 1.165) is 24.6 Å². The number of aromatic nitrogens is 2. The van der Waals surface area contributed by atoms with Crippen molar-refractivity contribution in [2.75, 3.05) is 11.4 Å². The fraction of sp³-hybridized carbons (Fsp3) is 0.733. The highest BCUT2D eigenvalue weighted by atomic mass is 15.3. The van der Waals surface area contributed by atoms with Crippen LogP contribution in [0.2, 0.25) is 0 Å². The Morgan fingerprint density at radius 1 is 1.26 bits per heavy atom. The van der Waals surface area contributed by atoms with Crippen molar-refractivity contribution >= 4 is 5.95 Å². The van der Waals surface area contributed by atoms with E-state index in [1.807, 2.05) is 12.4 Å². The molecule has 1 atom stereocenters. The fourth-order valence-electron chi connectivity index (χ4n) is 2.48. The molecule has 0 radical (unpaired) electrons. The lowest BCUT2D eigenvalue weighted by atomic mass is 10.1. The maximum absolute atomic E-state index is 4.55. The molecule has 1 fully saturated rings. The van der Waals surface area contributed by atoms with Crippen molar-refractivity contribution < 1.29 is 0 Å². The SMILES string of the molecule is CC(C)NCc1cnc(N2CCCCCC2C)nc1. The van der Waals surface area contributed by atoms with Gasteiger partial charge in [0.05, 0.1) is 0 Å². The van der Waals surface area contributed by atoms with Gasteiger partial charge in [0.15, 0.2) is 0 Å². The number of anilines is 1. The van der Waals surface area contributed by atoms with Crippen LogP contribution in [-0.4, -0.2) is 28.6 Å². The summed E-state index contributed by atoms with van der Waals surface area (Å²) in [7, 11) is 0. The van der Waals surface area contributed by atoms with Gasteiger partial charge in [0.1, 0.15) is 0 Å². The molecule has 1 unspecified atom stereocenters. The lowest BCUT2D eigenvalue weighted by molar-refractivity contribution is 0.584. The topological polar surface area (TPSA) is 41.1 Å². The zero-order chi connectivity index (χ0) is 13.7. The second-order valence-corrected chi connectivity index (χ2v) is 5.82. The van der Waals surface area contributed by atoms with E-state index in [-0.39, 0.29) is 0 Å². The van der Waals surface area contributed by atoms with Gasteiger partial charge >= 0.3 is 0 Å². The largest absolute Gasteiger partial charge is 0.338 e. The van der Waals surface area contributed by atoms with Gasteiger partial charge in [-0.25, -0.2) is 9.97 Å². The first-order valence-corrected chi connectivity index (χ1v) is 7.48. The monoisotopic (exact) mass is 262 g/mol. The molecule has 1 aliphatic heterocycles. The van der Waals surface area contributed by atoms with Crippen LogP contribution < -0.4 is 10.2 Å². The van der Waals surface area contributed by atoms with Crippen molar-refractivity contribution in [1.29, 1.82) is 0 Å². The molecule has 1 aromatic heterocycles. The minimum atomic E-state index is 0.491. The fourth-order valence-corrected chi connectivity index (χ4v) is 2.48. The number of rotatable bonds is 4. The van der Waals surface area contributed by atoms with Gasteiger partial charge in [-0.15, -0.1) is 0 Å². The quantitative estimate of drug-likeness (QED) is 0.906. The zero-order valence-corrected chi connectivity index (χ0v) is 12.4. The maximum Gasteiger partial charge on any atom is 0.225 e. The zero-order valence-electron chi connectivity index (χ0n) is 12.4. The Labute approximate surface area is 116 Å². The van der Waals surface area contributed by atoms with Crippen LogP contribution in [0.5, 0.6) is 0 Å². The third-order valence-corrected chi connectivity index (χ3v) is 3.72. The molecule has 1 N–H and O–H groups in total. The average molecular weight is 262 g/mol. The highest BCUT2D eigenvalue weighted by Crippen LogP contribution is 2.20. The molecule has 2 rings (SSSR count). The van der Waals surface area contributed by atoms with Crippen LogP contribution in [0.3, 0.4) is 0 Å². The summed E-state index contributed by atoms with van der Waals surface area (Å²) >= 11 is 0. The molecular formula is C15H26N4. The van der Waals surface area contributed by atoms with E-state index in [4.69, 9.17) is 0 Å². The predicted molar refractivity (Wildman–Crippen MR) is 79.3 cm³/mol. The van der Waals surface area contributed by atoms with E-state index < -0.39 is 0 Å². The molecule has 4 heteroatoms. The first kappa shape index (κ1) is 14.3. The van der Waals surface area contributed by atoms with Gasteiger partial charge in [-0.05, 0) is 19.8 Å². The van der Waals surface area contributed by atoms with E-state index in [1.165, 1.54) is 25.7 Å². The molecule has 0 amide bonds. The van der Waals surface area contributed by atoms with Crippen LogP contribution in [0.15, 0.2) is 12.4 Å². The Morgan fingerprint density at radius 3 is 2.68 bits per heavy atom. The van der Waals surface area contributed by atoms with Crippen LogP contribution in [0.1, 0.15) is 52.0 Å². The van der Waals surface area contributed by atoms with Gasteiger partial charge in [0.2, 0.25) is 5.95 Å². The summed E-state index contributed by atoms with van der Waals surface area (Å²) in [5.41, 5.74) is 1.15. The van der Waals surface area contributed by atoms with Crippen LogP contribution in [0.25, 0.3) is 0 Å². The van der Waals surface area contributed by atoms with Crippen LogP contribution in [0, 0.1) is 0 Å². The van der Waals surface area contributed by atoms with Crippen LogP contribution >= 0.6 is 0 Å². The van der Waals surface area contributed by atoms with E-state index in [0.29, 0.717) is 12.1 Å². The van der Waals surface area contributed by atoms with Gasteiger partial charge in [0.25, 0.3) is 0 Å². The average Bonchev–Trinajstić information content (AvgIpc) is 2.62. The van der Waals surface area contributed by atoms with Gasteiger partial charge in [-0.1, -0.05) is 26.7 Å². The number of hydrogen-bond acceptors (Lipinski definition) is 4. The second kappa shape index (κ2) is 6.85. The standard InChI is InChI=1S/C15H26N4/c1-12(2)16-9-14-10-17-15(18-11-14)19-8-6-4-5-7-13(19)3/h10-13,16H,4-9H2,1-3H3. The van der Waals surface area contributed by atoms with E-state index >= 15 is 0 Å². The molecule has 0 saturated carbocycles. The van der Waals surface area contributed by atoms with Gasteiger partial charge in [0, 0.05) is 43.1 Å². The summed E-state index contributed by atoms with van der Waals surface area (Å²) in [6, 6.07) is 1.05. The maximum atomic E-state index is 4.55. The first-order valence-electron chi connectivity index (χ1n) is 7.48. The molecule has 4 nitrogen and oxygen atoms in total. The van der Waals surface area contributed by atoms with Crippen molar-refractivity contribution in [3.63, 3.8) is 0 Å². The summed E-state index contributed by atoms with van der Waals surface area (Å²) in [6.45, 7) is 8.50. The summed E-state index contributed by atoms with van der Waals surface area (Å²) in [4.78, 5) is 11.4. The summed E-state index contributed by atoms with van der Waals surface area (Å²) in [5, 5.41) is 3.39. The third-order valence-electron chi connectivity index (χ3n) is 3.72. The lowest BCUT2D eigenvalue weighted by Crippen LogP contribution is -2.34. The Hall–Kier alpha value is -1.16. The van der Waals surface area contributed by atoms with E-state index in [1.54, 1.807) is 0 Å². The Bertz CT molecular complexity index is 374. The predicted octanol–water partition coefficient (Wildman–Crippen LogP) is 2.74. The highest BCUT2D eigenvalue weighted by molar-refractivity contribution is 5.31. The smallest absolute Gasteiger partial charge is 0.225 e. The normalized spacial score (nSPS) is 20.6. The van der Waals surface area contributed by atoms with Gasteiger partial charge in [-0.3, -0.25) is 0 Å². The summed E-state index contributed by atoms with van der Waals surface area (Å²) in [5.74, 6) is 0.891. The minimum Gasteiger partial charge on any atom is -0.338 e. The molecular weight excluding hydrogens is 236 g/mol. The molecule has 0 aromatic carbocycles. The Kier molecular flexibility index (Phi) is 5.14. The Morgan fingerprint density at radius 2 is 2.00 bits per heavy atom. The number of nitrogens with zero attached hydrogens (tertiary/aromatic N) is 3. The third kappa shape index (κ3) is 4.16. The second-order valence-electron chi connectivity index (χ2n) is 5.82. The summed E-state index contributed by atoms with van der Waals surface area (Å²) < 4.78 is 0. The van der Waals surface area contributed by atoms with Crippen LogP contribution in [-0.2, 0) is 6.54 Å². The van der Waals surface area contributed by atoms with Crippen molar-refractivity contribution in [2.24, 2.45) is 0 Å². The highest BCUT2D eigenvalue weighted by Gasteiger charge is 2.19. The van der Waals surface area contributed by atoms with E-state index in [9.17, 15) is 0 Å². The van der Waals surface area contributed by atoms with Gasteiger partial charge < -0.3 is 10.2 Å². The molecule has 106 valence electrons.